The van der Waals surface area contributed by atoms with Crippen molar-refractivity contribution in [3.63, 3.8) is 0 Å². The number of hydrogen-bond acceptors (Lipinski definition) is 10. The summed E-state index contributed by atoms with van der Waals surface area (Å²) in [6, 6.07) is 24.7. The van der Waals surface area contributed by atoms with Gasteiger partial charge in [-0.15, -0.1) is 0 Å². The molecule has 1 aromatic heterocycles. The van der Waals surface area contributed by atoms with Gasteiger partial charge in [-0.05, 0) is 129 Å². The van der Waals surface area contributed by atoms with Crippen LogP contribution in [0.2, 0.25) is 5.02 Å². The molecule has 0 radical (unpaired) electrons. The summed E-state index contributed by atoms with van der Waals surface area (Å²) in [5.74, 6) is -0.424. The van der Waals surface area contributed by atoms with Gasteiger partial charge in [-0.25, -0.2) is 13.1 Å². The zero-order valence-corrected chi connectivity index (χ0v) is 37.5. The van der Waals surface area contributed by atoms with Crippen LogP contribution in [0.4, 0.5) is 5.69 Å². The second-order valence-electron chi connectivity index (χ2n) is 16.8. The number of rotatable bonds is 22. The van der Waals surface area contributed by atoms with Gasteiger partial charge in [-0.1, -0.05) is 43.2 Å². The van der Waals surface area contributed by atoms with Crippen LogP contribution in [-0.4, -0.2) is 89.1 Å². The highest BCUT2D eigenvalue weighted by Gasteiger charge is 2.28. The quantitative estimate of drug-likeness (QED) is 0.0336. The fourth-order valence-corrected chi connectivity index (χ4v) is 8.83. The van der Waals surface area contributed by atoms with Gasteiger partial charge < -0.3 is 39.9 Å². The van der Waals surface area contributed by atoms with Gasteiger partial charge in [0, 0.05) is 78.0 Å². The lowest BCUT2D eigenvalue weighted by molar-refractivity contribution is -0.108. The van der Waals surface area contributed by atoms with E-state index >= 15 is 0 Å². The number of benzene rings is 4. The molecule has 4 aromatic carbocycles. The number of allylic oxidation sites excluding steroid dienone is 1. The van der Waals surface area contributed by atoms with Crippen molar-refractivity contribution in [2.24, 2.45) is 5.41 Å². The molecule has 1 unspecified atom stereocenters. The maximum Gasteiger partial charge on any atom is 0.268 e. The molecule has 1 amide bonds. The molecule has 1 heterocycles. The van der Waals surface area contributed by atoms with E-state index in [-0.39, 0.29) is 41.1 Å². The average Bonchev–Trinajstić information content (AvgIpc) is 3.71. The van der Waals surface area contributed by atoms with E-state index in [0.29, 0.717) is 42.4 Å². The fraction of sp³-hybridized carbons (Fsp3) is 0.375. The highest BCUT2D eigenvalue weighted by atomic mass is 35.5. The second kappa shape index (κ2) is 21.3. The van der Waals surface area contributed by atoms with Crippen LogP contribution in [-0.2, 0) is 14.8 Å². The predicted octanol–water partition coefficient (Wildman–Crippen LogP) is 8.78. The zero-order chi connectivity index (χ0) is 44.3. The second-order valence-corrected chi connectivity index (χ2v) is 19.0. The molecule has 0 fully saturated rings. The Kier molecular flexibility index (Phi) is 15.9. The first-order chi connectivity index (χ1) is 29.7. The molecule has 14 heteroatoms. The summed E-state index contributed by atoms with van der Waals surface area (Å²) in [6.07, 6.45) is 6.89. The number of aliphatic hydroxyl groups excluding tert-OH is 1. The van der Waals surface area contributed by atoms with Crippen LogP contribution in [0, 0.1) is 5.41 Å². The number of nitrogens with zero attached hydrogens (tertiary/aromatic N) is 1. The van der Waals surface area contributed by atoms with Crippen molar-refractivity contribution in [3.8, 4) is 17.2 Å². The van der Waals surface area contributed by atoms with Crippen LogP contribution in [0.1, 0.15) is 79.8 Å². The van der Waals surface area contributed by atoms with Gasteiger partial charge in [0.25, 0.3) is 15.9 Å². The number of carbonyl (C=O) groups is 2. The summed E-state index contributed by atoms with van der Waals surface area (Å²) in [5, 5.41) is 18.9. The normalized spacial score (nSPS) is 14.5. The minimum absolute atomic E-state index is 0.00795. The van der Waals surface area contributed by atoms with Gasteiger partial charge in [-0.2, -0.15) is 0 Å². The lowest BCUT2D eigenvalue weighted by Crippen LogP contribution is -2.31. The number of aliphatic hydroxyl groups is 1. The van der Waals surface area contributed by atoms with Gasteiger partial charge in [-0.3, -0.25) is 4.79 Å². The number of aldehydes is 1. The molecule has 5 N–H and O–H groups in total. The Morgan fingerprint density at radius 3 is 2.56 bits per heavy atom. The predicted molar refractivity (Wildman–Crippen MR) is 247 cm³/mol. The van der Waals surface area contributed by atoms with Crippen molar-refractivity contribution in [1.82, 2.24) is 19.9 Å². The largest absolute Gasteiger partial charge is 0.493 e. The molecule has 5 aromatic rings. The molecule has 330 valence electrons. The van der Waals surface area contributed by atoms with E-state index in [1.165, 1.54) is 41.0 Å². The molecular weight excluding hydrogens is 826 g/mol. The Morgan fingerprint density at radius 2 is 1.81 bits per heavy atom. The van der Waals surface area contributed by atoms with Crippen LogP contribution in [0.15, 0.2) is 102 Å². The van der Waals surface area contributed by atoms with Crippen molar-refractivity contribution in [3.05, 3.63) is 118 Å². The van der Waals surface area contributed by atoms with Crippen LogP contribution in [0.5, 0.6) is 17.2 Å². The lowest BCUT2D eigenvalue weighted by Gasteiger charge is -2.34. The van der Waals surface area contributed by atoms with Crippen molar-refractivity contribution in [1.29, 1.82) is 0 Å². The fourth-order valence-electron chi connectivity index (χ4n) is 7.70. The molecule has 0 aliphatic heterocycles. The van der Waals surface area contributed by atoms with Gasteiger partial charge in [0.1, 0.15) is 23.5 Å². The van der Waals surface area contributed by atoms with E-state index < -0.39 is 21.8 Å². The van der Waals surface area contributed by atoms with Crippen molar-refractivity contribution in [2.45, 2.75) is 63.2 Å². The van der Waals surface area contributed by atoms with Crippen molar-refractivity contribution < 1.29 is 32.6 Å². The van der Waals surface area contributed by atoms with Gasteiger partial charge in [0.05, 0.1) is 23.7 Å². The molecular formula is C48H58ClN5O7S. The van der Waals surface area contributed by atoms with Crippen molar-refractivity contribution >= 4 is 56.0 Å². The van der Waals surface area contributed by atoms with Crippen LogP contribution >= 0.6 is 11.6 Å². The molecule has 0 spiro atoms. The summed E-state index contributed by atoms with van der Waals surface area (Å²) in [5.41, 5.74) is 6.23. The minimum Gasteiger partial charge on any atom is -0.493 e. The summed E-state index contributed by atoms with van der Waals surface area (Å²) in [7, 11) is -0.519. The number of sulfonamides is 1. The molecule has 0 bridgehead atoms. The van der Waals surface area contributed by atoms with E-state index in [2.05, 4.69) is 46.3 Å². The highest BCUT2D eigenvalue weighted by Crippen LogP contribution is 2.43. The zero-order valence-electron chi connectivity index (χ0n) is 35.9. The Bertz CT molecular complexity index is 2470. The number of nitrogens with one attached hydrogen (secondary N) is 4. The van der Waals surface area contributed by atoms with Gasteiger partial charge in [0.15, 0.2) is 0 Å². The third-order valence-corrected chi connectivity index (χ3v) is 12.7. The summed E-state index contributed by atoms with van der Waals surface area (Å²) >= 11 is 6.20. The van der Waals surface area contributed by atoms with E-state index in [4.69, 9.17) is 21.1 Å². The molecule has 62 heavy (non-hydrogen) atoms. The molecule has 6 rings (SSSR count). The van der Waals surface area contributed by atoms with Crippen molar-refractivity contribution in [2.75, 3.05) is 58.8 Å². The van der Waals surface area contributed by atoms with Crippen LogP contribution < -0.4 is 24.8 Å². The maximum atomic E-state index is 14.0. The number of H-pyrrole nitrogens is 1. The average molecular weight is 885 g/mol. The number of aromatic amines is 1. The number of hydrogen-bond donors (Lipinski definition) is 5. The van der Waals surface area contributed by atoms with E-state index in [9.17, 15) is 23.1 Å². The third-order valence-electron chi connectivity index (χ3n) is 11.1. The van der Waals surface area contributed by atoms with Gasteiger partial charge in [0.2, 0.25) is 0 Å². The maximum absolute atomic E-state index is 14.0. The van der Waals surface area contributed by atoms with E-state index in [1.54, 1.807) is 18.2 Å². The monoisotopic (exact) mass is 883 g/mol. The standard InChI is InChI=1S/C48H58ClN5O7S/c1-48(2)20-18-35(43(30-48)33-8-10-37(49)11-9-33)31-50-22-23-51-38-12-15-41(46(28-38)61-39-13-16-44-34(27-39)19-21-52-44)47(57)53-62(58,59)40-14-17-45(60-26-6-24-54(3)4)42(29-40)36(32-56)7-5-25-55/h8-17,19,21,25,27-29,36,50-52,56H,5-7,18,20,22-24,26,30-32H2,1-4H3,(H,53,57). The Labute approximate surface area is 370 Å². The molecule has 1 atom stereocenters. The SMILES string of the molecule is CN(C)CCCOc1ccc(S(=O)(=O)NC(=O)c2ccc(NCCNCC3=C(c4ccc(Cl)cc4)CC(C)(C)CC3)cc2Oc2ccc3[nH]ccc3c2)cc1C(CO)CCC=O. The molecule has 1 aliphatic rings. The smallest absolute Gasteiger partial charge is 0.268 e. The number of anilines is 1. The number of carbonyl (C=O) groups excluding carboxylic acids is 2. The van der Waals surface area contributed by atoms with E-state index in [1.807, 2.05) is 55.5 Å². The number of aromatic nitrogens is 1. The summed E-state index contributed by atoms with van der Waals surface area (Å²) in [4.78, 5) is 30.2. The first-order valence-corrected chi connectivity index (χ1v) is 22.9. The van der Waals surface area contributed by atoms with Gasteiger partial charge >= 0.3 is 0 Å². The van der Waals surface area contributed by atoms with Crippen LogP contribution in [0.25, 0.3) is 16.5 Å². The third kappa shape index (κ3) is 12.5. The molecule has 12 nitrogen and oxygen atoms in total. The van der Waals surface area contributed by atoms with E-state index in [0.717, 1.165) is 61.0 Å². The number of halogens is 1. The highest BCUT2D eigenvalue weighted by molar-refractivity contribution is 7.90. The van der Waals surface area contributed by atoms with Crippen LogP contribution in [0.3, 0.4) is 0 Å². The summed E-state index contributed by atoms with van der Waals surface area (Å²) in [6.45, 7) is 7.44. The summed E-state index contributed by atoms with van der Waals surface area (Å²) < 4.78 is 42.4. The topological polar surface area (TPSA) is 162 Å². The lowest BCUT2D eigenvalue weighted by atomic mass is 9.72. The Morgan fingerprint density at radius 1 is 1.00 bits per heavy atom. The molecule has 0 saturated heterocycles. The molecule has 0 saturated carbocycles. The number of fused-ring (bicyclic) bond motifs is 1. The Balaban J connectivity index is 1.19. The number of amides is 1. The minimum atomic E-state index is -4.43. The Hall–Kier alpha value is -5.18. The molecule has 1 aliphatic carbocycles. The number of ether oxygens (including phenoxy) is 2. The first-order valence-electron chi connectivity index (χ1n) is 21.1. The first kappa shape index (κ1) is 46.3.